The number of nitrogens with zero attached hydrogens (tertiary/aromatic N) is 3. The van der Waals surface area contributed by atoms with Gasteiger partial charge < -0.3 is 0 Å². The van der Waals surface area contributed by atoms with E-state index in [0.717, 1.165) is 19.4 Å². The molecule has 0 unspecified atom stereocenters. The lowest BCUT2D eigenvalue weighted by Crippen LogP contribution is -2.36. The Bertz CT molecular complexity index is 330. The van der Waals surface area contributed by atoms with Crippen molar-refractivity contribution in [2.24, 2.45) is 7.05 Å². The first-order valence-corrected chi connectivity index (χ1v) is 6.95. The van der Waals surface area contributed by atoms with Gasteiger partial charge in [-0.3, -0.25) is 5.43 Å². The minimum absolute atomic E-state index is 0.939. The Morgan fingerprint density at radius 3 is 2.35 bits per heavy atom. The van der Waals surface area contributed by atoms with E-state index in [9.17, 15) is 0 Å². The Hall–Kier alpha value is -1.06. The Morgan fingerprint density at radius 2 is 1.76 bits per heavy atom. The van der Waals surface area contributed by atoms with Gasteiger partial charge >= 0.3 is 5.82 Å². The van der Waals surface area contributed by atoms with E-state index in [1.165, 1.54) is 37.3 Å². The van der Waals surface area contributed by atoms with Crippen molar-refractivity contribution in [1.82, 2.24) is 9.77 Å². The van der Waals surface area contributed by atoms with Crippen molar-refractivity contribution in [3.8, 4) is 0 Å². The molecule has 0 aromatic carbocycles. The topological polar surface area (TPSA) is 33.7 Å². The van der Waals surface area contributed by atoms with Crippen LogP contribution in [0.4, 0.5) is 0 Å². The van der Waals surface area contributed by atoms with Gasteiger partial charge in [0.1, 0.15) is 7.05 Å². The summed E-state index contributed by atoms with van der Waals surface area (Å²) in [6, 6.07) is 0. The Kier molecular flexibility index (Phi) is 6.01. The first kappa shape index (κ1) is 14.0. The fourth-order valence-electron chi connectivity index (χ4n) is 2.02. The van der Waals surface area contributed by atoms with Crippen LogP contribution in [-0.4, -0.2) is 16.3 Å². The van der Waals surface area contributed by atoms with Gasteiger partial charge in [0, 0.05) is 13.0 Å². The number of hydrogen-bond acceptors (Lipinski definition) is 2. The standard InChI is InChI=1S/C13H27N4/c1-5-8-10-12-15-16(4)13(11-9-6-2)17(12)14-7-3/h14H,5-11H2,1-4H3/q+1. The molecule has 1 aromatic heterocycles. The van der Waals surface area contributed by atoms with Crippen molar-refractivity contribution < 1.29 is 4.68 Å². The molecule has 1 rings (SSSR count). The average molecular weight is 239 g/mol. The molecule has 0 aliphatic carbocycles. The van der Waals surface area contributed by atoms with E-state index in [2.05, 4.69) is 36.0 Å². The number of aromatic nitrogens is 3. The predicted molar refractivity (Wildman–Crippen MR) is 70.5 cm³/mol. The molecule has 0 amide bonds. The molecule has 4 heteroatoms. The van der Waals surface area contributed by atoms with Gasteiger partial charge in [-0.25, -0.2) is 0 Å². The van der Waals surface area contributed by atoms with E-state index in [-0.39, 0.29) is 0 Å². The SMILES string of the molecule is CCCCc1n[n+](C)c(CCCC)n1NCC. The number of unbranched alkanes of at least 4 members (excludes halogenated alkanes) is 2. The summed E-state index contributed by atoms with van der Waals surface area (Å²) in [6.45, 7) is 7.52. The van der Waals surface area contributed by atoms with Gasteiger partial charge in [0.15, 0.2) is 0 Å². The number of nitrogens with one attached hydrogen (secondary N) is 1. The Labute approximate surface area is 105 Å². The largest absolute Gasteiger partial charge is 0.301 e. The lowest BCUT2D eigenvalue weighted by molar-refractivity contribution is -0.736. The maximum Gasteiger partial charge on any atom is 0.301 e. The van der Waals surface area contributed by atoms with Crippen molar-refractivity contribution in [1.29, 1.82) is 0 Å². The maximum absolute atomic E-state index is 4.64. The summed E-state index contributed by atoms with van der Waals surface area (Å²) in [5.41, 5.74) is 3.42. The first-order chi connectivity index (χ1) is 8.24. The summed E-state index contributed by atoms with van der Waals surface area (Å²) in [4.78, 5) is 0. The minimum Gasteiger partial charge on any atom is -0.255 e. The number of hydrogen-bond donors (Lipinski definition) is 1. The second-order valence-electron chi connectivity index (χ2n) is 4.51. The highest BCUT2D eigenvalue weighted by molar-refractivity contribution is 4.95. The van der Waals surface area contributed by atoms with Crippen LogP contribution in [0.25, 0.3) is 0 Å². The molecule has 0 atom stereocenters. The van der Waals surface area contributed by atoms with Crippen molar-refractivity contribution in [3.63, 3.8) is 0 Å². The van der Waals surface area contributed by atoms with E-state index in [1.807, 2.05) is 11.7 Å². The zero-order valence-corrected chi connectivity index (χ0v) is 11.8. The summed E-state index contributed by atoms with van der Waals surface area (Å²) < 4.78 is 4.23. The van der Waals surface area contributed by atoms with Crippen LogP contribution >= 0.6 is 0 Å². The van der Waals surface area contributed by atoms with Gasteiger partial charge in [-0.15, -0.1) is 9.36 Å². The molecule has 0 aliphatic rings. The van der Waals surface area contributed by atoms with E-state index >= 15 is 0 Å². The van der Waals surface area contributed by atoms with Crippen LogP contribution in [0, 0.1) is 0 Å². The second kappa shape index (κ2) is 7.30. The molecule has 0 radical (unpaired) electrons. The fourth-order valence-corrected chi connectivity index (χ4v) is 2.02. The molecule has 17 heavy (non-hydrogen) atoms. The van der Waals surface area contributed by atoms with Gasteiger partial charge in [0.25, 0.3) is 5.82 Å². The van der Waals surface area contributed by atoms with Gasteiger partial charge in [-0.1, -0.05) is 26.7 Å². The summed E-state index contributed by atoms with van der Waals surface area (Å²) >= 11 is 0. The third kappa shape index (κ3) is 3.72. The van der Waals surface area contributed by atoms with Crippen molar-refractivity contribution >= 4 is 0 Å². The molecule has 0 saturated heterocycles. The molecule has 98 valence electrons. The van der Waals surface area contributed by atoms with E-state index < -0.39 is 0 Å². The summed E-state index contributed by atoms with van der Waals surface area (Å²) in [7, 11) is 2.05. The highest BCUT2D eigenvalue weighted by Crippen LogP contribution is 2.06. The summed E-state index contributed by atoms with van der Waals surface area (Å²) in [6.07, 6.45) is 7.02. The molecule has 0 spiro atoms. The van der Waals surface area contributed by atoms with E-state index in [1.54, 1.807) is 0 Å². The van der Waals surface area contributed by atoms with Gasteiger partial charge in [0.05, 0.1) is 6.42 Å². The molecule has 0 aliphatic heterocycles. The summed E-state index contributed by atoms with van der Waals surface area (Å²) in [5.74, 6) is 2.46. The quantitative estimate of drug-likeness (QED) is 0.704. The highest BCUT2D eigenvalue weighted by atomic mass is 15.5. The molecule has 1 heterocycles. The zero-order valence-electron chi connectivity index (χ0n) is 11.8. The monoisotopic (exact) mass is 239 g/mol. The van der Waals surface area contributed by atoms with Gasteiger partial charge in [0.2, 0.25) is 0 Å². The Morgan fingerprint density at radius 1 is 1.12 bits per heavy atom. The van der Waals surface area contributed by atoms with Gasteiger partial charge in [-0.05, 0) is 24.9 Å². The molecule has 0 saturated carbocycles. The fraction of sp³-hybridized carbons (Fsp3) is 0.846. The van der Waals surface area contributed by atoms with Crippen LogP contribution in [0.1, 0.15) is 58.1 Å². The normalized spacial score (nSPS) is 10.8. The number of rotatable bonds is 8. The van der Waals surface area contributed by atoms with E-state index in [4.69, 9.17) is 0 Å². The molecule has 1 aromatic rings. The highest BCUT2D eigenvalue weighted by Gasteiger charge is 2.22. The van der Waals surface area contributed by atoms with Crippen molar-refractivity contribution in [2.75, 3.05) is 12.0 Å². The van der Waals surface area contributed by atoms with Crippen molar-refractivity contribution in [2.45, 2.75) is 59.3 Å². The van der Waals surface area contributed by atoms with Gasteiger partial charge in [-0.2, -0.15) is 0 Å². The van der Waals surface area contributed by atoms with Crippen molar-refractivity contribution in [3.05, 3.63) is 11.6 Å². The number of aryl methyl sites for hydroxylation is 2. The van der Waals surface area contributed by atoms with E-state index in [0.29, 0.717) is 0 Å². The average Bonchev–Trinajstić information content (AvgIpc) is 2.61. The molecule has 1 N–H and O–H groups in total. The third-order valence-electron chi connectivity index (χ3n) is 2.98. The summed E-state index contributed by atoms with van der Waals surface area (Å²) in [5, 5.41) is 4.64. The van der Waals surface area contributed by atoms with Crippen LogP contribution in [0.15, 0.2) is 0 Å². The Balaban J connectivity index is 2.88. The second-order valence-corrected chi connectivity index (χ2v) is 4.51. The zero-order chi connectivity index (χ0) is 12.7. The van der Waals surface area contributed by atoms with Crippen LogP contribution in [-0.2, 0) is 19.9 Å². The third-order valence-corrected chi connectivity index (χ3v) is 2.98. The molecule has 4 nitrogen and oxygen atoms in total. The lowest BCUT2D eigenvalue weighted by Gasteiger charge is -2.03. The predicted octanol–water partition coefficient (Wildman–Crippen LogP) is 1.96. The molecule has 0 fully saturated rings. The van der Waals surface area contributed by atoms with Crippen LogP contribution in [0.5, 0.6) is 0 Å². The minimum atomic E-state index is 0.939. The molecular formula is C13H27N4+. The molecular weight excluding hydrogens is 212 g/mol. The van der Waals surface area contributed by atoms with Crippen LogP contribution < -0.4 is 10.1 Å². The smallest absolute Gasteiger partial charge is 0.255 e. The first-order valence-electron chi connectivity index (χ1n) is 6.95. The maximum atomic E-state index is 4.64. The lowest BCUT2D eigenvalue weighted by atomic mass is 10.2. The van der Waals surface area contributed by atoms with Crippen LogP contribution in [0.2, 0.25) is 0 Å². The van der Waals surface area contributed by atoms with Crippen LogP contribution in [0.3, 0.4) is 0 Å². The molecule has 0 bridgehead atoms.